The minimum absolute atomic E-state index is 0.117. The molecular formula is C13H12N2O3. The number of carbonyl (C=O) groups excluding carboxylic acids is 1. The van der Waals surface area contributed by atoms with Crippen molar-refractivity contribution < 1.29 is 14.4 Å². The summed E-state index contributed by atoms with van der Waals surface area (Å²) < 4.78 is 5.42. The summed E-state index contributed by atoms with van der Waals surface area (Å²) in [6.45, 7) is 0.367. The zero-order valence-corrected chi connectivity index (χ0v) is 10.1. The van der Waals surface area contributed by atoms with Gasteiger partial charge >= 0.3 is 5.97 Å². The van der Waals surface area contributed by atoms with E-state index in [4.69, 9.17) is 14.8 Å². The quantitative estimate of drug-likeness (QED) is 0.448. The zero-order valence-electron chi connectivity index (χ0n) is 10.1. The fraction of sp³-hybridized carbons (Fsp3) is 0.231. The number of nitrogens with zero attached hydrogens (tertiary/aromatic N) is 2. The Balaban J connectivity index is 2.42. The van der Waals surface area contributed by atoms with Crippen LogP contribution in [0.4, 0.5) is 0 Å². The lowest BCUT2D eigenvalue weighted by Gasteiger charge is -2.10. The number of hydrogen-bond acceptors (Lipinski definition) is 5. The van der Waals surface area contributed by atoms with Gasteiger partial charge in [0.05, 0.1) is 0 Å². The molecule has 0 aromatic heterocycles. The van der Waals surface area contributed by atoms with Crippen molar-refractivity contribution in [3.05, 3.63) is 41.0 Å². The van der Waals surface area contributed by atoms with Gasteiger partial charge in [0.15, 0.2) is 11.3 Å². The monoisotopic (exact) mass is 244 g/mol. The minimum atomic E-state index is -0.714. The van der Waals surface area contributed by atoms with E-state index in [2.05, 4.69) is 0 Å². The lowest BCUT2D eigenvalue weighted by Crippen LogP contribution is -2.20. The molecule has 0 bridgehead atoms. The SMILES string of the molecule is CN(C)OC(=O)C(C#N)=C1OCc2ccccc21. The molecule has 5 nitrogen and oxygen atoms in total. The van der Waals surface area contributed by atoms with Gasteiger partial charge in [0.1, 0.15) is 12.7 Å². The van der Waals surface area contributed by atoms with Crippen molar-refractivity contribution in [2.45, 2.75) is 6.61 Å². The first kappa shape index (κ1) is 12.1. The first-order valence-electron chi connectivity index (χ1n) is 5.38. The van der Waals surface area contributed by atoms with Crippen molar-refractivity contribution >= 4 is 11.7 Å². The molecule has 2 rings (SSSR count). The third-order valence-electron chi connectivity index (χ3n) is 2.44. The molecule has 1 aliphatic heterocycles. The molecular weight excluding hydrogens is 232 g/mol. The van der Waals surface area contributed by atoms with Crippen LogP contribution in [0.5, 0.6) is 0 Å². The molecule has 0 N–H and O–H groups in total. The third-order valence-corrected chi connectivity index (χ3v) is 2.44. The summed E-state index contributed by atoms with van der Waals surface area (Å²) >= 11 is 0. The van der Waals surface area contributed by atoms with Crippen LogP contribution in [0, 0.1) is 11.3 Å². The molecule has 92 valence electrons. The van der Waals surface area contributed by atoms with Crippen molar-refractivity contribution in [3.63, 3.8) is 0 Å². The number of carbonyl (C=O) groups is 1. The van der Waals surface area contributed by atoms with Crippen LogP contribution < -0.4 is 0 Å². The van der Waals surface area contributed by atoms with Crippen LogP contribution in [0.3, 0.4) is 0 Å². The largest absolute Gasteiger partial charge is 0.487 e. The number of hydrogen-bond donors (Lipinski definition) is 0. The molecule has 18 heavy (non-hydrogen) atoms. The molecule has 0 aliphatic carbocycles. The Morgan fingerprint density at radius 3 is 2.83 bits per heavy atom. The third kappa shape index (κ3) is 2.19. The smallest absolute Gasteiger partial charge is 0.371 e. The Bertz CT molecular complexity index is 556. The molecule has 0 amide bonds. The summed E-state index contributed by atoms with van der Waals surface area (Å²) in [5, 5.41) is 10.3. The van der Waals surface area contributed by atoms with E-state index in [1.807, 2.05) is 30.3 Å². The molecule has 1 heterocycles. The summed E-state index contributed by atoms with van der Waals surface area (Å²) in [5.74, 6) is -0.422. The molecule has 0 radical (unpaired) electrons. The average Bonchev–Trinajstić information content (AvgIpc) is 2.73. The highest BCUT2D eigenvalue weighted by molar-refractivity contribution is 6.00. The molecule has 0 spiro atoms. The fourth-order valence-corrected chi connectivity index (χ4v) is 1.70. The van der Waals surface area contributed by atoms with E-state index < -0.39 is 5.97 Å². The topological polar surface area (TPSA) is 62.6 Å². The summed E-state index contributed by atoms with van der Waals surface area (Å²) in [6.07, 6.45) is 0. The average molecular weight is 244 g/mol. The predicted molar refractivity (Wildman–Crippen MR) is 63.5 cm³/mol. The van der Waals surface area contributed by atoms with Gasteiger partial charge in [-0.15, -0.1) is 5.06 Å². The standard InChI is InChI=1S/C13H12N2O3/c1-15(2)18-13(16)11(7-14)12-10-6-4-3-5-9(10)8-17-12/h3-6H,8H2,1-2H3. The van der Waals surface area contributed by atoms with Crippen LogP contribution in [0.1, 0.15) is 11.1 Å². The predicted octanol–water partition coefficient (Wildman–Crippen LogP) is 1.47. The molecule has 1 aliphatic rings. The highest BCUT2D eigenvalue weighted by atomic mass is 16.7. The van der Waals surface area contributed by atoms with E-state index in [1.54, 1.807) is 14.1 Å². The van der Waals surface area contributed by atoms with Crippen LogP contribution >= 0.6 is 0 Å². The van der Waals surface area contributed by atoms with E-state index >= 15 is 0 Å². The van der Waals surface area contributed by atoms with E-state index in [9.17, 15) is 4.79 Å². The van der Waals surface area contributed by atoms with Gasteiger partial charge in [-0.1, -0.05) is 24.3 Å². The van der Waals surface area contributed by atoms with Gasteiger partial charge in [-0.05, 0) is 0 Å². The molecule has 0 fully saturated rings. The number of benzene rings is 1. The van der Waals surface area contributed by atoms with Crippen LogP contribution in [-0.4, -0.2) is 25.1 Å². The Morgan fingerprint density at radius 2 is 2.17 bits per heavy atom. The first-order valence-corrected chi connectivity index (χ1v) is 5.38. The highest BCUT2D eigenvalue weighted by Gasteiger charge is 2.26. The molecule has 1 aromatic carbocycles. The van der Waals surface area contributed by atoms with Crippen molar-refractivity contribution in [2.24, 2.45) is 0 Å². The Hall–Kier alpha value is -2.32. The summed E-state index contributed by atoms with van der Waals surface area (Å²) in [5.41, 5.74) is 1.61. The van der Waals surface area contributed by atoms with E-state index in [0.29, 0.717) is 12.4 Å². The second-order valence-corrected chi connectivity index (χ2v) is 3.95. The van der Waals surface area contributed by atoms with Gasteiger partial charge in [-0.2, -0.15) is 5.26 Å². The lowest BCUT2D eigenvalue weighted by atomic mass is 10.1. The van der Waals surface area contributed by atoms with Crippen LogP contribution in [0.15, 0.2) is 29.8 Å². The number of ether oxygens (including phenoxy) is 1. The van der Waals surface area contributed by atoms with Crippen molar-refractivity contribution in [1.82, 2.24) is 5.06 Å². The highest BCUT2D eigenvalue weighted by Crippen LogP contribution is 2.32. The van der Waals surface area contributed by atoms with Crippen LogP contribution in [0.2, 0.25) is 0 Å². The number of fused-ring (bicyclic) bond motifs is 1. The number of rotatable bonds is 2. The van der Waals surface area contributed by atoms with Gasteiger partial charge in [0.25, 0.3) is 0 Å². The molecule has 0 saturated carbocycles. The molecule has 0 saturated heterocycles. The Kier molecular flexibility index (Phi) is 3.31. The van der Waals surface area contributed by atoms with E-state index in [0.717, 1.165) is 11.1 Å². The number of nitriles is 1. The van der Waals surface area contributed by atoms with Crippen LogP contribution in [0.25, 0.3) is 5.76 Å². The maximum Gasteiger partial charge on any atom is 0.371 e. The zero-order chi connectivity index (χ0) is 13.1. The summed E-state index contributed by atoms with van der Waals surface area (Å²) in [6, 6.07) is 9.28. The van der Waals surface area contributed by atoms with Gasteiger partial charge in [0, 0.05) is 25.2 Å². The Labute approximate surface area is 105 Å². The molecule has 5 heteroatoms. The van der Waals surface area contributed by atoms with Crippen molar-refractivity contribution in [2.75, 3.05) is 14.1 Å². The maximum absolute atomic E-state index is 11.8. The molecule has 0 unspecified atom stereocenters. The van der Waals surface area contributed by atoms with E-state index in [-0.39, 0.29) is 5.57 Å². The Morgan fingerprint density at radius 1 is 1.44 bits per heavy atom. The van der Waals surface area contributed by atoms with Crippen molar-refractivity contribution in [1.29, 1.82) is 5.26 Å². The maximum atomic E-state index is 11.8. The van der Waals surface area contributed by atoms with Gasteiger partial charge in [-0.3, -0.25) is 0 Å². The second-order valence-electron chi connectivity index (χ2n) is 3.95. The second kappa shape index (κ2) is 4.90. The minimum Gasteiger partial charge on any atom is -0.487 e. The van der Waals surface area contributed by atoms with Gasteiger partial charge < -0.3 is 9.57 Å². The molecule has 1 aromatic rings. The number of hydroxylamine groups is 2. The summed E-state index contributed by atoms with van der Waals surface area (Å²) in [7, 11) is 3.14. The summed E-state index contributed by atoms with van der Waals surface area (Å²) in [4.78, 5) is 16.6. The normalized spacial score (nSPS) is 15.7. The van der Waals surface area contributed by atoms with E-state index in [1.165, 1.54) is 5.06 Å². The van der Waals surface area contributed by atoms with Gasteiger partial charge in [0.2, 0.25) is 0 Å². The lowest BCUT2D eigenvalue weighted by molar-refractivity contribution is -0.172. The van der Waals surface area contributed by atoms with Crippen LogP contribution in [-0.2, 0) is 21.0 Å². The molecule has 0 atom stereocenters. The first-order chi connectivity index (χ1) is 8.63. The van der Waals surface area contributed by atoms with Crippen molar-refractivity contribution in [3.8, 4) is 6.07 Å². The van der Waals surface area contributed by atoms with Gasteiger partial charge in [-0.25, -0.2) is 4.79 Å². The fourth-order valence-electron chi connectivity index (χ4n) is 1.70.